The van der Waals surface area contributed by atoms with Gasteiger partial charge in [-0.3, -0.25) is 4.99 Å². The second-order valence-electron chi connectivity index (χ2n) is 6.00. The zero-order chi connectivity index (χ0) is 19.0. The van der Waals surface area contributed by atoms with Gasteiger partial charge in [0, 0.05) is 37.5 Å². The molecule has 6 nitrogen and oxygen atoms in total. The molecule has 1 aliphatic heterocycles. The molecule has 0 aliphatic carbocycles. The van der Waals surface area contributed by atoms with E-state index in [0.29, 0.717) is 43.7 Å². The molecule has 2 unspecified atom stereocenters. The topological polar surface area (TPSA) is 67.8 Å². The van der Waals surface area contributed by atoms with Gasteiger partial charge in [-0.15, -0.1) is 35.3 Å². The molecule has 11 heteroatoms. The van der Waals surface area contributed by atoms with Crippen molar-refractivity contribution in [2.45, 2.75) is 45.0 Å². The highest BCUT2D eigenvalue weighted by Crippen LogP contribution is 2.30. The van der Waals surface area contributed by atoms with Crippen LogP contribution in [0.4, 0.5) is 13.2 Å². The third-order valence-electron chi connectivity index (χ3n) is 3.63. The predicted octanol–water partition coefficient (Wildman–Crippen LogP) is 3.07. The van der Waals surface area contributed by atoms with E-state index < -0.39 is 11.9 Å². The number of hydrogen-bond acceptors (Lipinski definition) is 5. The van der Waals surface area contributed by atoms with Gasteiger partial charge in [0.05, 0.1) is 24.3 Å². The lowest BCUT2D eigenvalue weighted by Crippen LogP contribution is -2.44. The Kier molecular flexibility index (Phi) is 10.9. The van der Waals surface area contributed by atoms with Crippen LogP contribution in [-0.4, -0.2) is 56.0 Å². The summed E-state index contributed by atoms with van der Waals surface area (Å²) in [5.41, 5.74) is -0.840. The third-order valence-corrected chi connectivity index (χ3v) is 4.54. The Morgan fingerprint density at radius 3 is 2.89 bits per heavy atom. The zero-order valence-corrected chi connectivity index (χ0v) is 18.5. The average molecular weight is 522 g/mol. The Morgan fingerprint density at radius 2 is 2.30 bits per heavy atom. The van der Waals surface area contributed by atoms with E-state index in [-0.39, 0.29) is 36.1 Å². The summed E-state index contributed by atoms with van der Waals surface area (Å²) in [4.78, 5) is 8.01. The fraction of sp³-hybridized carbons (Fsp3) is 0.750. The number of hydrogen-bond donors (Lipinski definition) is 2. The summed E-state index contributed by atoms with van der Waals surface area (Å²) in [5, 5.41) is 7.81. The Morgan fingerprint density at radius 1 is 1.52 bits per heavy atom. The highest BCUT2D eigenvalue weighted by atomic mass is 127. The summed E-state index contributed by atoms with van der Waals surface area (Å²) in [5.74, 6) is 0.610. The quantitative estimate of drug-likeness (QED) is 0.312. The molecule has 156 valence electrons. The van der Waals surface area contributed by atoms with E-state index in [0.717, 1.165) is 29.7 Å². The maximum absolute atomic E-state index is 12.6. The molecule has 1 aromatic rings. The first kappa shape index (κ1) is 24.4. The number of ether oxygens (including phenoxy) is 2. The Labute approximate surface area is 178 Å². The van der Waals surface area contributed by atoms with Crippen molar-refractivity contribution in [3.63, 3.8) is 0 Å². The van der Waals surface area contributed by atoms with Crippen molar-refractivity contribution in [1.82, 2.24) is 15.6 Å². The largest absolute Gasteiger partial charge is 0.434 e. The van der Waals surface area contributed by atoms with E-state index in [2.05, 4.69) is 20.6 Å². The first-order chi connectivity index (χ1) is 12.4. The van der Waals surface area contributed by atoms with Crippen LogP contribution in [-0.2, 0) is 22.1 Å². The molecule has 1 aromatic heterocycles. The first-order valence-corrected chi connectivity index (χ1v) is 9.52. The molecule has 0 bridgehead atoms. The van der Waals surface area contributed by atoms with Gasteiger partial charge in [0.2, 0.25) is 0 Å². The predicted molar refractivity (Wildman–Crippen MR) is 110 cm³/mol. The van der Waals surface area contributed by atoms with Gasteiger partial charge >= 0.3 is 6.18 Å². The van der Waals surface area contributed by atoms with Gasteiger partial charge in [0.25, 0.3) is 0 Å². The van der Waals surface area contributed by atoms with Gasteiger partial charge < -0.3 is 20.1 Å². The molecule has 2 N–H and O–H groups in total. The number of rotatable bonds is 8. The van der Waals surface area contributed by atoms with Gasteiger partial charge in [0.15, 0.2) is 11.7 Å². The normalized spacial score (nSPS) is 18.9. The molecular formula is C16H26F3IN4O2S. The number of aliphatic imine (C=N–C) groups is 1. The molecule has 0 radical (unpaired) electrons. The highest BCUT2D eigenvalue weighted by Gasteiger charge is 2.33. The number of guanidine groups is 1. The summed E-state index contributed by atoms with van der Waals surface area (Å²) in [7, 11) is 0. The second-order valence-corrected chi connectivity index (χ2v) is 6.94. The van der Waals surface area contributed by atoms with Crippen LogP contribution >= 0.6 is 35.3 Å². The molecule has 0 amide bonds. The van der Waals surface area contributed by atoms with E-state index in [1.807, 2.05) is 13.8 Å². The van der Waals surface area contributed by atoms with Crippen LogP contribution in [0, 0.1) is 0 Å². The van der Waals surface area contributed by atoms with E-state index in [1.165, 1.54) is 0 Å². The van der Waals surface area contributed by atoms with Crippen molar-refractivity contribution in [2.24, 2.45) is 4.99 Å². The maximum atomic E-state index is 12.6. The molecule has 1 fully saturated rings. The summed E-state index contributed by atoms with van der Waals surface area (Å²) in [6.45, 7) is 6.87. The molecule has 27 heavy (non-hydrogen) atoms. The van der Waals surface area contributed by atoms with Gasteiger partial charge in [0.1, 0.15) is 0 Å². The van der Waals surface area contributed by atoms with E-state index in [9.17, 15) is 13.2 Å². The van der Waals surface area contributed by atoms with E-state index in [1.54, 1.807) is 0 Å². The Balaban J connectivity index is 0.00000364. The van der Waals surface area contributed by atoms with Crippen molar-refractivity contribution in [3.05, 3.63) is 16.1 Å². The fourth-order valence-electron chi connectivity index (χ4n) is 2.34. The van der Waals surface area contributed by atoms with E-state index in [4.69, 9.17) is 9.47 Å². The molecule has 2 rings (SSSR count). The number of aromatic nitrogens is 1. The summed E-state index contributed by atoms with van der Waals surface area (Å²) >= 11 is 1.00. The fourth-order valence-corrected chi connectivity index (χ4v) is 3.13. The molecule has 2 atom stereocenters. The Bertz CT molecular complexity index is 580. The molecule has 1 saturated heterocycles. The number of nitrogens with zero attached hydrogens (tertiary/aromatic N) is 2. The van der Waals surface area contributed by atoms with Crippen LogP contribution < -0.4 is 10.6 Å². The minimum Gasteiger partial charge on any atom is -0.379 e. The molecule has 0 spiro atoms. The van der Waals surface area contributed by atoms with E-state index >= 15 is 0 Å². The molecule has 0 saturated carbocycles. The standard InChI is InChI=1S/C16H25F3N4O2S.HI/c1-3-20-15(22-11(2)8-25-12-5-7-24-9-12)21-6-4-14-23-13(10-26-14)16(17,18)19;/h10-12H,3-9H2,1-2H3,(H2,20,21,22);1H. The van der Waals surface area contributed by atoms with Crippen molar-refractivity contribution in [1.29, 1.82) is 0 Å². The summed E-state index contributed by atoms with van der Waals surface area (Å²) < 4.78 is 48.7. The first-order valence-electron chi connectivity index (χ1n) is 8.64. The smallest absolute Gasteiger partial charge is 0.379 e. The average Bonchev–Trinajstić information content (AvgIpc) is 3.24. The highest BCUT2D eigenvalue weighted by molar-refractivity contribution is 14.0. The van der Waals surface area contributed by atoms with Crippen LogP contribution in [0.5, 0.6) is 0 Å². The van der Waals surface area contributed by atoms with Crippen LogP contribution in [0.1, 0.15) is 31.0 Å². The van der Waals surface area contributed by atoms with Gasteiger partial charge in [-0.1, -0.05) is 0 Å². The molecule has 1 aliphatic rings. The van der Waals surface area contributed by atoms with Crippen LogP contribution in [0.25, 0.3) is 0 Å². The van der Waals surface area contributed by atoms with Gasteiger partial charge in [-0.2, -0.15) is 13.2 Å². The van der Waals surface area contributed by atoms with Crippen molar-refractivity contribution >= 4 is 41.3 Å². The van der Waals surface area contributed by atoms with Gasteiger partial charge in [-0.05, 0) is 20.3 Å². The number of alkyl halides is 3. The monoisotopic (exact) mass is 522 g/mol. The van der Waals surface area contributed by atoms with Crippen LogP contribution in [0.2, 0.25) is 0 Å². The number of nitrogens with one attached hydrogen (secondary N) is 2. The number of halogens is 4. The molecule has 2 heterocycles. The van der Waals surface area contributed by atoms with Crippen molar-refractivity contribution in [3.8, 4) is 0 Å². The van der Waals surface area contributed by atoms with Crippen LogP contribution in [0.15, 0.2) is 10.4 Å². The molecule has 0 aromatic carbocycles. The summed E-state index contributed by atoms with van der Waals surface area (Å²) in [6, 6.07) is 0.0464. The SMILES string of the molecule is CCNC(=NCCc1nc(C(F)(F)F)cs1)NC(C)COC1CCOC1.I. The van der Waals surface area contributed by atoms with Gasteiger partial charge in [-0.25, -0.2) is 4.98 Å². The van der Waals surface area contributed by atoms with Crippen LogP contribution in [0.3, 0.4) is 0 Å². The minimum atomic E-state index is -4.39. The minimum absolute atomic E-state index is 0. The second kappa shape index (κ2) is 12.0. The lowest BCUT2D eigenvalue weighted by Gasteiger charge is -2.19. The maximum Gasteiger partial charge on any atom is 0.434 e. The Hall–Kier alpha value is -0.660. The lowest BCUT2D eigenvalue weighted by atomic mass is 10.3. The zero-order valence-electron chi connectivity index (χ0n) is 15.3. The molecular weight excluding hydrogens is 496 g/mol. The third kappa shape index (κ3) is 8.92. The number of thiazole rings is 1. The van der Waals surface area contributed by atoms with Crippen molar-refractivity contribution in [2.75, 3.05) is 32.9 Å². The summed E-state index contributed by atoms with van der Waals surface area (Å²) in [6.07, 6.45) is -2.98. The van der Waals surface area contributed by atoms with Crippen molar-refractivity contribution < 1.29 is 22.6 Å². The lowest BCUT2D eigenvalue weighted by molar-refractivity contribution is -0.140.